The fourth-order valence-electron chi connectivity index (χ4n) is 2.15. The van der Waals surface area contributed by atoms with Gasteiger partial charge in [0.05, 0.1) is 12.2 Å². The van der Waals surface area contributed by atoms with Gasteiger partial charge >= 0.3 is 5.97 Å². The summed E-state index contributed by atoms with van der Waals surface area (Å²) in [4.78, 5) is 23.6. The summed E-state index contributed by atoms with van der Waals surface area (Å²) in [5.41, 5.74) is 1.65. The third-order valence-corrected chi connectivity index (χ3v) is 4.45. The summed E-state index contributed by atoms with van der Waals surface area (Å²) in [6.07, 6.45) is 0. The van der Waals surface area contributed by atoms with E-state index in [2.05, 4.69) is 17.4 Å². The molecule has 0 aliphatic heterocycles. The number of ether oxygens (including phenoxy) is 2. The third kappa shape index (κ3) is 7.19. The van der Waals surface area contributed by atoms with Crippen molar-refractivity contribution in [2.24, 2.45) is 0 Å². The van der Waals surface area contributed by atoms with E-state index in [1.54, 1.807) is 36.0 Å². The van der Waals surface area contributed by atoms with E-state index in [0.717, 1.165) is 11.5 Å². The number of rotatable bonds is 10. The van der Waals surface area contributed by atoms with E-state index in [9.17, 15) is 9.59 Å². The molecule has 0 fully saturated rings. The van der Waals surface area contributed by atoms with Crippen LogP contribution < -0.4 is 10.1 Å². The second kappa shape index (κ2) is 11.2. The number of benzene rings is 2. The summed E-state index contributed by atoms with van der Waals surface area (Å²) >= 11 is 1.74. The van der Waals surface area contributed by atoms with Crippen molar-refractivity contribution in [2.75, 3.05) is 25.5 Å². The maximum Gasteiger partial charge on any atom is 0.338 e. The van der Waals surface area contributed by atoms with Gasteiger partial charge in [-0.3, -0.25) is 4.79 Å². The van der Waals surface area contributed by atoms with Crippen LogP contribution in [0, 0.1) is 0 Å². The van der Waals surface area contributed by atoms with Crippen LogP contribution in [-0.2, 0) is 15.3 Å². The van der Waals surface area contributed by atoms with E-state index >= 15 is 0 Å². The van der Waals surface area contributed by atoms with Crippen LogP contribution in [0.15, 0.2) is 54.6 Å². The lowest BCUT2D eigenvalue weighted by molar-refractivity contribution is -0.124. The lowest BCUT2D eigenvalue weighted by Crippen LogP contribution is -2.30. The number of carbonyl (C=O) groups excluding carboxylic acids is 2. The summed E-state index contributed by atoms with van der Waals surface area (Å²) in [5, 5.41) is 2.74. The number of amides is 1. The summed E-state index contributed by atoms with van der Waals surface area (Å²) in [7, 11) is 0. The van der Waals surface area contributed by atoms with E-state index in [-0.39, 0.29) is 12.5 Å². The number of carbonyl (C=O) groups is 2. The van der Waals surface area contributed by atoms with Gasteiger partial charge in [0, 0.05) is 18.1 Å². The SMILES string of the molecule is CCOc1ccc(C(=O)OCC(=O)NCCSCc2ccccc2)cc1. The van der Waals surface area contributed by atoms with E-state index in [0.29, 0.717) is 24.5 Å². The van der Waals surface area contributed by atoms with Crippen LogP contribution in [0.4, 0.5) is 0 Å². The Morgan fingerprint density at radius 3 is 2.46 bits per heavy atom. The Bertz CT molecular complexity index is 689. The summed E-state index contributed by atoms with van der Waals surface area (Å²) in [6.45, 7) is 2.71. The Kier molecular flexibility index (Phi) is 8.55. The highest BCUT2D eigenvalue weighted by Gasteiger charge is 2.10. The average molecular weight is 373 g/mol. The molecule has 2 rings (SSSR count). The molecule has 0 radical (unpaired) electrons. The second-order valence-corrected chi connectivity index (χ2v) is 6.53. The van der Waals surface area contributed by atoms with Crippen LogP contribution >= 0.6 is 11.8 Å². The summed E-state index contributed by atoms with van der Waals surface area (Å²) in [6, 6.07) is 16.8. The molecule has 0 aliphatic rings. The molecule has 0 saturated carbocycles. The predicted octanol–water partition coefficient (Wildman–Crippen LogP) is 3.29. The standard InChI is InChI=1S/C20H23NO4S/c1-2-24-18-10-8-17(9-11-18)20(23)25-14-19(22)21-12-13-26-15-16-6-4-3-5-7-16/h3-11H,2,12-15H2,1H3,(H,21,22). The molecule has 0 spiro atoms. The Morgan fingerprint density at radius 1 is 1.04 bits per heavy atom. The molecule has 0 aliphatic carbocycles. The van der Waals surface area contributed by atoms with E-state index in [4.69, 9.17) is 9.47 Å². The van der Waals surface area contributed by atoms with Crippen LogP contribution in [0.1, 0.15) is 22.8 Å². The van der Waals surface area contributed by atoms with Gasteiger partial charge in [-0.05, 0) is 36.8 Å². The Balaban J connectivity index is 1.59. The number of esters is 1. The van der Waals surface area contributed by atoms with Gasteiger partial charge in [-0.1, -0.05) is 30.3 Å². The van der Waals surface area contributed by atoms with E-state index < -0.39 is 5.97 Å². The molecule has 26 heavy (non-hydrogen) atoms. The fraction of sp³-hybridized carbons (Fsp3) is 0.300. The minimum absolute atomic E-state index is 0.282. The smallest absolute Gasteiger partial charge is 0.338 e. The van der Waals surface area contributed by atoms with Gasteiger partial charge in [0.2, 0.25) is 0 Å². The molecule has 1 N–H and O–H groups in total. The van der Waals surface area contributed by atoms with Crippen LogP contribution in [0.2, 0.25) is 0 Å². The minimum atomic E-state index is -0.526. The zero-order valence-electron chi connectivity index (χ0n) is 14.8. The number of hydrogen-bond donors (Lipinski definition) is 1. The van der Waals surface area contributed by atoms with Crippen molar-refractivity contribution in [3.05, 3.63) is 65.7 Å². The molecular weight excluding hydrogens is 350 g/mol. The molecule has 2 aromatic rings. The largest absolute Gasteiger partial charge is 0.494 e. The summed E-state index contributed by atoms with van der Waals surface area (Å²) < 4.78 is 10.3. The quantitative estimate of drug-likeness (QED) is 0.511. The van der Waals surface area contributed by atoms with E-state index in [1.165, 1.54) is 5.56 Å². The molecule has 5 nitrogen and oxygen atoms in total. The normalized spacial score (nSPS) is 10.2. The van der Waals surface area contributed by atoms with Crippen LogP contribution in [-0.4, -0.2) is 37.4 Å². The van der Waals surface area contributed by atoms with Crippen molar-refractivity contribution >= 4 is 23.6 Å². The Hall–Kier alpha value is -2.47. The van der Waals surface area contributed by atoms with Gasteiger partial charge in [-0.2, -0.15) is 11.8 Å². The highest BCUT2D eigenvalue weighted by Crippen LogP contribution is 2.13. The first-order chi connectivity index (χ1) is 12.7. The highest BCUT2D eigenvalue weighted by atomic mass is 32.2. The molecular formula is C20H23NO4S. The Labute approximate surface area is 158 Å². The molecule has 0 aromatic heterocycles. The minimum Gasteiger partial charge on any atom is -0.494 e. The monoisotopic (exact) mass is 373 g/mol. The number of thioether (sulfide) groups is 1. The topological polar surface area (TPSA) is 64.6 Å². The lowest BCUT2D eigenvalue weighted by atomic mass is 10.2. The van der Waals surface area contributed by atoms with Crippen molar-refractivity contribution in [3.8, 4) is 5.75 Å². The fourth-order valence-corrected chi connectivity index (χ4v) is 2.97. The molecule has 0 heterocycles. The van der Waals surface area contributed by atoms with Gasteiger partial charge in [0.25, 0.3) is 5.91 Å². The first kappa shape index (κ1) is 19.8. The van der Waals surface area contributed by atoms with Crippen LogP contribution in [0.25, 0.3) is 0 Å². The maximum absolute atomic E-state index is 11.9. The molecule has 1 amide bonds. The first-order valence-electron chi connectivity index (χ1n) is 8.47. The van der Waals surface area contributed by atoms with Crippen molar-refractivity contribution < 1.29 is 19.1 Å². The molecule has 0 bridgehead atoms. The van der Waals surface area contributed by atoms with Gasteiger partial charge in [0.1, 0.15) is 5.75 Å². The molecule has 0 atom stereocenters. The zero-order valence-corrected chi connectivity index (χ0v) is 15.6. The third-order valence-electron chi connectivity index (χ3n) is 3.42. The molecule has 0 unspecified atom stereocenters. The maximum atomic E-state index is 11.9. The number of nitrogens with one attached hydrogen (secondary N) is 1. The molecule has 138 valence electrons. The van der Waals surface area contributed by atoms with Gasteiger partial charge in [-0.25, -0.2) is 4.79 Å². The average Bonchev–Trinajstić information content (AvgIpc) is 2.67. The molecule has 0 saturated heterocycles. The van der Waals surface area contributed by atoms with Gasteiger partial charge in [-0.15, -0.1) is 0 Å². The first-order valence-corrected chi connectivity index (χ1v) is 9.63. The van der Waals surface area contributed by atoms with Gasteiger partial charge < -0.3 is 14.8 Å². The molecule has 6 heteroatoms. The van der Waals surface area contributed by atoms with Crippen LogP contribution in [0.3, 0.4) is 0 Å². The van der Waals surface area contributed by atoms with Crippen molar-refractivity contribution in [1.29, 1.82) is 0 Å². The summed E-state index contributed by atoms with van der Waals surface area (Å²) in [5.74, 6) is 1.57. The Morgan fingerprint density at radius 2 is 1.77 bits per heavy atom. The highest BCUT2D eigenvalue weighted by molar-refractivity contribution is 7.98. The van der Waals surface area contributed by atoms with Crippen molar-refractivity contribution in [1.82, 2.24) is 5.32 Å². The van der Waals surface area contributed by atoms with Gasteiger partial charge in [0.15, 0.2) is 6.61 Å². The lowest BCUT2D eigenvalue weighted by Gasteiger charge is -2.07. The second-order valence-electron chi connectivity index (χ2n) is 5.42. The predicted molar refractivity (Wildman–Crippen MR) is 104 cm³/mol. The van der Waals surface area contributed by atoms with Crippen LogP contribution in [0.5, 0.6) is 5.75 Å². The van der Waals surface area contributed by atoms with Crippen molar-refractivity contribution in [3.63, 3.8) is 0 Å². The zero-order chi connectivity index (χ0) is 18.6. The van der Waals surface area contributed by atoms with Crippen molar-refractivity contribution in [2.45, 2.75) is 12.7 Å². The number of hydrogen-bond acceptors (Lipinski definition) is 5. The van der Waals surface area contributed by atoms with E-state index in [1.807, 2.05) is 25.1 Å². The molecule has 2 aromatic carbocycles.